The highest BCUT2D eigenvalue weighted by Gasteiger charge is 2.37. The van der Waals surface area contributed by atoms with E-state index in [0.717, 1.165) is 25.9 Å². The van der Waals surface area contributed by atoms with Crippen LogP contribution in [0.2, 0.25) is 0 Å². The van der Waals surface area contributed by atoms with Crippen molar-refractivity contribution in [3.05, 3.63) is 24.0 Å². The van der Waals surface area contributed by atoms with Gasteiger partial charge in [-0.25, -0.2) is 17.9 Å². The summed E-state index contributed by atoms with van der Waals surface area (Å²) in [4.78, 5) is 15.2. The van der Waals surface area contributed by atoms with Crippen molar-refractivity contribution in [2.45, 2.75) is 24.5 Å². The number of halogens is 1. The molecule has 2 aliphatic rings. The molecule has 1 amide bonds. The van der Waals surface area contributed by atoms with Crippen molar-refractivity contribution in [3.8, 4) is 0 Å². The number of nitrogens with zero attached hydrogens (tertiary/aromatic N) is 2. The first-order valence-corrected chi connectivity index (χ1v) is 8.83. The molecule has 6 nitrogen and oxygen atoms in total. The van der Waals surface area contributed by atoms with Crippen molar-refractivity contribution < 1.29 is 17.6 Å². The fourth-order valence-electron chi connectivity index (χ4n) is 3.02. The maximum absolute atomic E-state index is 14.3. The summed E-state index contributed by atoms with van der Waals surface area (Å²) >= 11 is 0. The fraction of sp³-hybridized carbons (Fsp3) is 0.500. The number of hydrogen-bond acceptors (Lipinski definition) is 4. The smallest absolute Gasteiger partial charge is 0.228 e. The Morgan fingerprint density at radius 2 is 1.91 bits per heavy atom. The van der Waals surface area contributed by atoms with Gasteiger partial charge in [0.25, 0.3) is 0 Å². The lowest BCUT2D eigenvalue weighted by molar-refractivity contribution is -0.117. The Bertz CT molecular complexity index is 701. The maximum Gasteiger partial charge on any atom is 0.228 e. The number of nitrogens with two attached hydrogens (primary N) is 1. The van der Waals surface area contributed by atoms with E-state index >= 15 is 0 Å². The van der Waals surface area contributed by atoms with Gasteiger partial charge in [0.05, 0.1) is 5.69 Å². The second-order valence-electron chi connectivity index (χ2n) is 5.75. The number of rotatable bonds is 3. The van der Waals surface area contributed by atoms with E-state index in [4.69, 9.17) is 5.14 Å². The van der Waals surface area contributed by atoms with Gasteiger partial charge in [0.15, 0.2) is 0 Å². The highest BCUT2D eigenvalue weighted by molar-refractivity contribution is 7.89. The molecule has 8 heteroatoms. The minimum Gasteiger partial charge on any atom is -0.369 e. The van der Waals surface area contributed by atoms with Crippen molar-refractivity contribution in [3.63, 3.8) is 0 Å². The first kappa shape index (κ1) is 15.2. The van der Waals surface area contributed by atoms with E-state index in [-0.39, 0.29) is 18.9 Å². The number of carbonyl (C=O) groups excluding carboxylic acids is 1. The summed E-state index contributed by atoms with van der Waals surface area (Å²) in [6.07, 6.45) is 1.93. The summed E-state index contributed by atoms with van der Waals surface area (Å²) in [6.45, 7) is 1.62. The quantitative estimate of drug-likeness (QED) is 0.891. The molecule has 2 fully saturated rings. The average molecular weight is 327 g/mol. The van der Waals surface area contributed by atoms with Crippen molar-refractivity contribution in [1.29, 1.82) is 0 Å². The third kappa shape index (κ3) is 2.80. The van der Waals surface area contributed by atoms with Crippen LogP contribution in [0.1, 0.15) is 19.3 Å². The van der Waals surface area contributed by atoms with Crippen molar-refractivity contribution in [2.75, 3.05) is 29.4 Å². The molecule has 1 unspecified atom stereocenters. The Morgan fingerprint density at radius 1 is 1.23 bits per heavy atom. The van der Waals surface area contributed by atoms with E-state index in [1.165, 1.54) is 11.0 Å². The largest absolute Gasteiger partial charge is 0.369 e. The highest BCUT2D eigenvalue weighted by atomic mass is 32.2. The third-order valence-corrected chi connectivity index (χ3v) is 5.49. The molecule has 2 heterocycles. The summed E-state index contributed by atoms with van der Waals surface area (Å²) < 4.78 is 37.0. The van der Waals surface area contributed by atoms with Crippen LogP contribution < -0.4 is 14.9 Å². The van der Waals surface area contributed by atoms with Gasteiger partial charge in [-0.15, -0.1) is 0 Å². The zero-order chi connectivity index (χ0) is 15.9. The van der Waals surface area contributed by atoms with Crippen LogP contribution in [-0.4, -0.2) is 39.2 Å². The zero-order valence-electron chi connectivity index (χ0n) is 12.0. The Kier molecular flexibility index (Phi) is 3.82. The van der Waals surface area contributed by atoms with Crippen LogP contribution in [-0.2, 0) is 14.8 Å². The van der Waals surface area contributed by atoms with Gasteiger partial charge in [-0.3, -0.25) is 4.79 Å². The molecule has 2 aliphatic heterocycles. The second-order valence-corrected chi connectivity index (χ2v) is 7.59. The number of carbonyl (C=O) groups is 1. The minimum atomic E-state index is -3.77. The summed E-state index contributed by atoms with van der Waals surface area (Å²) in [6, 6.07) is 4.59. The molecular weight excluding hydrogens is 309 g/mol. The van der Waals surface area contributed by atoms with Gasteiger partial charge >= 0.3 is 0 Å². The monoisotopic (exact) mass is 327 g/mol. The van der Waals surface area contributed by atoms with Gasteiger partial charge in [0.1, 0.15) is 11.1 Å². The van der Waals surface area contributed by atoms with Crippen LogP contribution in [0.25, 0.3) is 0 Å². The standard InChI is InChI=1S/C14H18FN3O3S/c15-12-7-10(3-4-13(12)17-5-1-2-6-17)18-9-11(8-14(18)19)22(16,20)21/h3-4,7,11H,1-2,5-6,8-9H2,(H2,16,20,21). The first-order chi connectivity index (χ1) is 10.4. The van der Waals surface area contributed by atoms with Crippen molar-refractivity contribution in [1.82, 2.24) is 0 Å². The van der Waals surface area contributed by atoms with E-state index < -0.39 is 21.1 Å². The van der Waals surface area contributed by atoms with E-state index in [0.29, 0.717) is 11.4 Å². The lowest BCUT2D eigenvalue weighted by Gasteiger charge is -2.21. The fourth-order valence-corrected chi connectivity index (χ4v) is 3.75. The molecule has 3 rings (SSSR count). The van der Waals surface area contributed by atoms with Crippen LogP contribution in [0.15, 0.2) is 18.2 Å². The minimum absolute atomic E-state index is 0.0276. The van der Waals surface area contributed by atoms with Crippen LogP contribution in [0.3, 0.4) is 0 Å². The van der Waals surface area contributed by atoms with Crippen LogP contribution in [0.5, 0.6) is 0 Å². The average Bonchev–Trinajstić information content (AvgIpc) is 3.07. The van der Waals surface area contributed by atoms with E-state index in [2.05, 4.69) is 0 Å². The summed E-state index contributed by atoms with van der Waals surface area (Å²) in [5.41, 5.74) is 0.896. The van der Waals surface area contributed by atoms with Gasteiger partial charge in [-0.05, 0) is 31.0 Å². The lowest BCUT2D eigenvalue weighted by atomic mass is 10.2. The van der Waals surface area contributed by atoms with Crippen LogP contribution >= 0.6 is 0 Å². The first-order valence-electron chi connectivity index (χ1n) is 7.23. The molecule has 0 radical (unpaired) electrons. The van der Waals surface area contributed by atoms with Gasteiger partial charge in [-0.2, -0.15) is 0 Å². The molecule has 0 aromatic heterocycles. The van der Waals surface area contributed by atoms with E-state index in [1.807, 2.05) is 4.90 Å². The molecule has 0 spiro atoms. The molecule has 120 valence electrons. The molecule has 0 saturated carbocycles. The summed E-state index contributed by atoms with van der Waals surface area (Å²) in [7, 11) is -3.77. The van der Waals surface area contributed by atoms with Gasteiger partial charge in [0.2, 0.25) is 15.9 Å². The number of sulfonamides is 1. The SMILES string of the molecule is NS(=O)(=O)C1CC(=O)N(c2ccc(N3CCCC3)c(F)c2)C1. The second kappa shape index (κ2) is 5.51. The van der Waals surface area contributed by atoms with Gasteiger partial charge in [-0.1, -0.05) is 0 Å². The predicted octanol–water partition coefficient (Wildman–Crippen LogP) is 0.820. The van der Waals surface area contributed by atoms with Crippen LogP contribution in [0.4, 0.5) is 15.8 Å². The third-order valence-electron chi connectivity index (χ3n) is 4.24. The number of amides is 1. The summed E-state index contributed by atoms with van der Waals surface area (Å²) in [5, 5.41) is 4.16. The van der Waals surface area contributed by atoms with Crippen LogP contribution in [0, 0.1) is 5.82 Å². The Balaban J connectivity index is 1.83. The molecule has 0 aliphatic carbocycles. The molecule has 1 aromatic rings. The van der Waals surface area contributed by atoms with Crippen molar-refractivity contribution in [2.24, 2.45) is 5.14 Å². The van der Waals surface area contributed by atoms with E-state index in [9.17, 15) is 17.6 Å². The highest BCUT2D eigenvalue weighted by Crippen LogP contribution is 2.30. The number of hydrogen-bond donors (Lipinski definition) is 1. The molecule has 1 aromatic carbocycles. The normalized spacial score (nSPS) is 22.6. The number of primary sulfonamides is 1. The van der Waals surface area contributed by atoms with Crippen molar-refractivity contribution >= 4 is 27.3 Å². The molecule has 2 saturated heterocycles. The molecular formula is C14H18FN3O3S. The lowest BCUT2D eigenvalue weighted by Crippen LogP contribution is -2.32. The topological polar surface area (TPSA) is 83.7 Å². The Morgan fingerprint density at radius 3 is 2.45 bits per heavy atom. The van der Waals surface area contributed by atoms with E-state index in [1.54, 1.807) is 12.1 Å². The Hall–Kier alpha value is -1.67. The molecule has 22 heavy (non-hydrogen) atoms. The maximum atomic E-state index is 14.3. The number of anilines is 2. The molecule has 0 bridgehead atoms. The molecule has 1 atom stereocenters. The van der Waals surface area contributed by atoms with Gasteiger partial charge < -0.3 is 9.80 Å². The zero-order valence-corrected chi connectivity index (χ0v) is 12.9. The number of benzene rings is 1. The van der Waals surface area contributed by atoms with Gasteiger partial charge in [0, 0.05) is 31.7 Å². The molecule has 2 N–H and O–H groups in total. The Labute approximate surface area is 128 Å². The predicted molar refractivity (Wildman–Crippen MR) is 81.7 cm³/mol. The summed E-state index contributed by atoms with van der Waals surface area (Å²) in [5.74, 6) is -0.751.